The van der Waals surface area contributed by atoms with Crippen LogP contribution in [-0.2, 0) is 24.6 Å². The van der Waals surface area contributed by atoms with E-state index in [1.807, 2.05) is 27.7 Å². The van der Waals surface area contributed by atoms with Gasteiger partial charge in [0.2, 0.25) is 23.6 Å². The second kappa shape index (κ2) is 15.4. The number of benzene rings is 2. The van der Waals surface area contributed by atoms with Crippen molar-refractivity contribution < 1.29 is 33.1 Å². The summed E-state index contributed by atoms with van der Waals surface area (Å²) in [6, 6.07) is 10.3. The molecular formula is C35H46FN5O6. The van der Waals surface area contributed by atoms with Crippen LogP contribution in [0.1, 0.15) is 82.1 Å². The van der Waals surface area contributed by atoms with Crippen molar-refractivity contribution in [3.05, 3.63) is 65.5 Å². The summed E-state index contributed by atoms with van der Waals surface area (Å²) in [6.07, 6.45) is 2.57. The number of carbonyl (C=O) groups excluding carboxylic acids is 5. The Morgan fingerprint density at radius 2 is 1.68 bits per heavy atom. The zero-order chi connectivity index (χ0) is 34.2. The maximum atomic E-state index is 13.8. The molecule has 0 saturated heterocycles. The SMILES string of the molecule is CC(C)[C@H]1NC(=O)C2(CCCCC2)NC(=O)C[C@@H](C(=O)NCC(C)(C)c2ccc(F)cc2)NC(=O)c2ccccc2OCCNC1=O. The Hall–Kier alpha value is -4.48. The largest absolute Gasteiger partial charge is 0.491 e. The van der Waals surface area contributed by atoms with Crippen molar-refractivity contribution in [1.29, 1.82) is 0 Å². The minimum atomic E-state index is -1.30. The molecular weight excluding hydrogens is 605 g/mol. The summed E-state index contributed by atoms with van der Waals surface area (Å²) in [7, 11) is 0. The van der Waals surface area contributed by atoms with E-state index >= 15 is 0 Å². The molecule has 1 heterocycles. The zero-order valence-electron chi connectivity index (χ0n) is 27.5. The number of hydrogen-bond donors (Lipinski definition) is 5. The van der Waals surface area contributed by atoms with Gasteiger partial charge in [0.15, 0.2) is 0 Å². The molecule has 0 radical (unpaired) electrons. The average Bonchev–Trinajstić information content (AvgIpc) is 3.04. The fraction of sp³-hybridized carbons (Fsp3) is 0.514. The molecule has 1 spiro atoms. The molecule has 2 aromatic carbocycles. The highest BCUT2D eigenvalue weighted by molar-refractivity contribution is 6.01. The lowest BCUT2D eigenvalue weighted by Crippen LogP contribution is -2.64. The summed E-state index contributed by atoms with van der Waals surface area (Å²) in [5.41, 5.74) is -0.940. The topological polar surface area (TPSA) is 155 Å². The van der Waals surface area contributed by atoms with Gasteiger partial charge in [-0.25, -0.2) is 4.39 Å². The van der Waals surface area contributed by atoms with E-state index in [0.717, 1.165) is 12.0 Å². The molecule has 1 saturated carbocycles. The van der Waals surface area contributed by atoms with E-state index in [2.05, 4.69) is 26.6 Å². The normalized spacial score (nSPS) is 21.3. The molecule has 47 heavy (non-hydrogen) atoms. The summed E-state index contributed by atoms with van der Waals surface area (Å²) in [6.45, 7) is 7.71. The molecule has 2 aliphatic rings. The summed E-state index contributed by atoms with van der Waals surface area (Å²) < 4.78 is 19.4. The summed E-state index contributed by atoms with van der Waals surface area (Å²) in [5, 5.41) is 14.1. The first-order valence-corrected chi connectivity index (χ1v) is 16.3. The molecule has 0 bridgehead atoms. The van der Waals surface area contributed by atoms with Gasteiger partial charge in [-0.2, -0.15) is 0 Å². The van der Waals surface area contributed by atoms with Crippen LogP contribution in [0.15, 0.2) is 48.5 Å². The number of hydrogen-bond acceptors (Lipinski definition) is 6. The lowest BCUT2D eigenvalue weighted by Gasteiger charge is -2.38. The minimum Gasteiger partial charge on any atom is -0.491 e. The number of fused-ring (bicyclic) bond motifs is 1. The second-order valence-corrected chi connectivity index (χ2v) is 13.4. The maximum absolute atomic E-state index is 13.8. The van der Waals surface area contributed by atoms with Gasteiger partial charge in [0.25, 0.3) is 5.91 Å². The number of carbonyl (C=O) groups is 5. The highest BCUT2D eigenvalue weighted by Crippen LogP contribution is 2.29. The molecule has 11 nitrogen and oxygen atoms in total. The van der Waals surface area contributed by atoms with Crippen LogP contribution in [0, 0.1) is 11.7 Å². The van der Waals surface area contributed by atoms with Gasteiger partial charge in [-0.05, 0) is 48.6 Å². The molecule has 0 aromatic heterocycles. The monoisotopic (exact) mass is 651 g/mol. The Morgan fingerprint density at radius 1 is 1.00 bits per heavy atom. The van der Waals surface area contributed by atoms with Gasteiger partial charge in [0.1, 0.15) is 35.8 Å². The number of ether oxygens (including phenoxy) is 1. The zero-order valence-corrected chi connectivity index (χ0v) is 27.5. The molecule has 5 N–H and O–H groups in total. The number of nitrogens with one attached hydrogen (secondary N) is 5. The Morgan fingerprint density at radius 3 is 2.36 bits per heavy atom. The van der Waals surface area contributed by atoms with Gasteiger partial charge >= 0.3 is 0 Å². The van der Waals surface area contributed by atoms with Crippen molar-refractivity contribution in [2.45, 2.75) is 89.3 Å². The van der Waals surface area contributed by atoms with E-state index in [9.17, 15) is 28.4 Å². The van der Waals surface area contributed by atoms with Gasteiger partial charge in [0, 0.05) is 12.0 Å². The lowest BCUT2D eigenvalue weighted by atomic mass is 9.80. The van der Waals surface area contributed by atoms with Crippen molar-refractivity contribution in [3.63, 3.8) is 0 Å². The molecule has 1 aliphatic heterocycles. The van der Waals surface area contributed by atoms with Crippen LogP contribution in [-0.4, -0.2) is 66.9 Å². The Kier molecular flexibility index (Phi) is 11.6. The first-order chi connectivity index (χ1) is 22.3. The third-order valence-corrected chi connectivity index (χ3v) is 8.89. The van der Waals surface area contributed by atoms with Crippen molar-refractivity contribution in [2.24, 2.45) is 5.92 Å². The highest BCUT2D eigenvalue weighted by atomic mass is 19.1. The van der Waals surface area contributed by atoms with Crippen LogP contribution in [0.2, 0.25) is 0 Å². The van der Waals surface area contributed by atoms with Gasteiger partial charge in [-0.15, -0.1) is 0 Å². The van der Waals surface area contributed by atoms with E-state index in [1.54, 1.807) is 36.4 Å². The van der Waals surface area contributed by atoms with E-state index in [-0.39, 0.29) is 48.7 Å². The van der Waals surface area contributed by atoms with Gasteiger partial charge < -0.3 is 31.3 Å². The first kappa shape index (κ1) is 35.4. The molecule has 0 unspecified atom stereocenters. The summed E-state index contributed by atoms with van der Waals surface area (Å²) in [5.74, 6) is -3.06. The average molecular weight is 652 g/mol. The predicted molar refractivity (Wildman–Crippen MR) is 174 cm³/mol. The van der Waals surface area contributed by atoms with Crippen LogP contribution in [0.3, 0.4) is 0 Å². The van der Waals surface area contributed by atoms with Crippen LogP contribution in [0.25, 0.3) is 0 Å². The fourth-order valence-corrected chi connectivity index (χ4v) is 5.99. The third kappa shape index (κ3) is 9.08. The maximum Gasteiger partial charge on any atom is 0.255 e. The smallest absolute Gasteiger partial charge is 0.255 e. The molecule has 2 atom stereocenters. The van der Waals surface area contributed by atoms with Gasteiger partial charge in [0.05, 0.1) is 18.5 Å². The van der Waals surface area contributed by atoms with Crippen molar-refractivity contribution in [3.8, 4) is 5.75 Å². The van der Waals surface area contributed by atoms with Crippen molar-refractivity contribution >= 4 is 29.5 Å². The molecule has 5 amide bonds. The van der Waals surface area contributed by atoms with Gasteiger partial charge in [-0.3, -0.25) is 24.0 Å². The fourth-order valence-electron chi connectivity index (χ4n) is 5.99. The van der Waals surface area contributed by atoms with E-state index in [1.165, 1.54) is 12.1 Å². The van der Waals surface area contributed by atoms with Crippen molar-refractivity contribution in [1.82, 2.24) is 26.6 Å². The molecule has 4 rings (SSSR count). The van der Waals surface area contributed by atoms with Gasteiger partial charge in [-0.1, -0.05) is 71.2 Å². The highest BCUT2D eigenvalue weighted by Gasteiger charge is 2.43. The van der Waals surface area contributed by atoms with Crippen LogP contribution in [0.4, 0.5) is 4.39 Å². The Labute approximate surface area is 275 Å². The third-order valence-electron chi connectivity index (χ3n) is 8.89. The van der Waals surface area contributed by atoms with E-state index in [0.29, 0.717) is 25.7 Å². The molecule has 254 valence electrons. The van der Waals surface area contributed by atoms with Crippen LogP contribution in [0.5, 0.6) is 5.75 Å². The first-order valence-electron chi connectivity index (χ1n) is 16.3. The summed E-state index contributed by atoms with van der Waals surface area (Å²) in [4.78, 5) is 67.9. The lowest BCUT2D eigenvalue weighted by molar-refractivity contribution is -0.138. The number of halogens is 1. The standard InChI is InChI=1S/C35H46FN5O6/c1-22(2)29-32(45)37-18-19-47-27-11-7-6-10-25(27)30(43)39-26(20-28(42)41-35(33(46)40-29)16-8-5-9-17-35)31(44)38-21-34(3,4)23-12-14-24(36)15-13-23/h6-7,10-15,22,26,29H,5,8-9,16-21H2,1-4H3,(H,37,45)(H,38,44)(H,39,43)(H,40,46)(H,41,42)/t26-,29+/m0/s1. The Bertz CT molecular complexity index is 1450. The molecule has 1 fully saturated rings. The molecule has 1 aliphatic carbocycles. The number of para-hydroxylation sites is 1. The Balaban J connectivity index is 1.64. The predicted octanol–water partition coefficient (Wildman–Crippen LogP) is 2.88. The summed E-state index contributed by atoms with van der Waals surface area (Å²) >= 11 is 0. The molecule has 12 heteroatoms. The number of amides is 5. The minimum absolute atomic E-state index is 0.0428. The van der Waals surface area contributed by atoms with Crippen LogP contribution >= 0.6 is 0 Å². The quantitative estimate of drug-likeness (QED) is 0.335. The van der Waals surface area contributed by atoms with E-state index < -0.39 is 53.1 Å². The molecule has 2 aromatic rings. The van der Waals surface area contributed by atoms with E-state index in [4.69, 9.17) is 4.74 Å². The number of rotatable bonds is 5. The van der Waals surface area contributed by atoms with Crippen LogP contribution < -0.4 is 31.3 Å². The van der Waals surface area contributed by atoms with Crippen molar-refractivity contribution in [2.75, 3.05) is 19.7 Å². The second-order valence-electron chi connectivity index (χ2n) is 13.4.